The van der Waals surface area contributed by atoms with E-state index in [1.807, 2.05) is 31.3 Å². The number of benzene rings is 2. The summed E-state index contributed by atoms with van der Waals surface area (Å²) in [5.41, 5.74) is 4.69. The van der Waals surface area contributed by atoms with Crippen molar-refractivity contribution < 1.29 is 5.11 Å². The fraction of sp³-hybridized carbons (Fsp3) is 0.292. The standard InChI is InChI=1S/C24H28N2O/c1-19-13-14-23(17-25-19)24(15-16-27)26(18-21-9-5-3-6-10-21)20(2)22-11-7-4-8-12-22/h3-14,17,20,24,27H,15-16,18H2,1-2H3/t20-,24?/m0/s1. The lowest BCUT2D eigenvalue weighted by Crippen LogP contribution is -2.32. The van der Waals surface area contributed by atoms with E-state index in [-0.39, 0.29) is 18.7 Å². The summed E-state index contributed by atoms with van der Waals surface area (Å²) in [5, 5.41) is 9.77. The summed E-state index contributed by atoms with van der Waals surface area (Å²) in [6.45, 7) is 5.20. The highest BCUT2D eigenvalue weighted by molar-refractivity contribution is 5.23. The van der Waals surface area contributed by atoms with E-state index in [0.29, 0.717) is 6.42 Å². The van der Waals surface area contributed by atoms with Gasteiger partial charge in [-0.2, -0.15) is 0 Å². The van der Waals surface area contributed by atoms with Gasteiger partial charge in [-0.1, -0.05) is 66.7 Å². The van der Waals surface area contributed by atoms with Gasteiger partial charge < -0.3 is 5.11 Å². The Labute approximate surface area is 162 Å². The predicted octanol–water partition coefficient (Wildman–Crippen LogP) is 5.08. The number of aliphatic hydroxyl groups excluding tert-OH is 1. The van der Waals surface area contributed by atoms with Gasteiger partial charge in [-0.05, 0) is 43.0 Å². The average Bonchev–Trinajstić information content (AvgIpc) is 2.72. The summed E-state index contributed by atoms with van der Waals surface area (Å²) in [5.74, 6) is 0. The normalized spacial score (nSPS) is 13.5. The Bertz CT molecular complexity index is 803. The molecule has 1 aromatic heterocycles. The highest BCUT2D eigenvalue weighted by Crippen LogP contribution is 2.34. The Morgan fingerprint density at radius 3 is 2.15 bits per heavy atom. The van der Waals surface area contributed by atoms with Gasteiger partial charge in [0.2, 0.25) is 0 Å². The summed E-state index contributed by atoms with van der Waals surface area (Å²) in [6.07, 6.45) is 2.63. The molecule has 1 unspecified atom stereocenters. The van der Waals surface area contributed by atoms with Crippen molar-refractivity contribution >= 4 is 0 Å². The van der Waals surface area contributed by atoms with Crippen molar-refractivity contribution in [2.75, 3.05) is 6.61 Å². The van der Waals surface area contributed by atoms with Crippen molar-refractivity contribution in [1.82, 2.24) is 9.88 Å². The van der Waals surface area contributed by atoms with Crippen LogP contribution in [0.15, 0.2) is 79.0 Å². The van der Waals surface area contributed by atoms with E-state index in [1.54, 1.807) is 0 Å². The van der Waals surface area contributed by atoms with Crippen molar-refractivity contribution in [2.45, 2.75) is 38.9 Å². The number of nitrogens with zero attached hydrogens (tertiary/aromatic N) is 2. The van der Waals surface area contributed by atoms with Crippen molar-refractivity contribution in [3.05, 3.63) is 101 Å². The lowest BCUT2D eigenvalue weighted by atomic mass is 9.97. The molecule has 0 aliphatic rings. The zero-order valence-corrected chi connectivity index (χ0v) is 16.1. The summed E-state index contributed by atoms with van der Waals surface area (Å²) >= 11 is 0. The van der Waals surface area contributed by atoms with E-state index in [0.717, 1.165) is 17.8 Å². The largest absolute Gasteiger partial charge is 0.396 e. The molecule has 0 radical (unpaired) electrons. The molecule has 0 spiro atoms. The Morgan fingerprint density at radius 1 is 0.889 bits per heavy atom. The molecule has 0 saturated carbocycles. The summed E-state index contributed by atoms with van der Waals surface area (Å²) in [4.78, 5) is 6.96. The van der Waals surface area contributed by atoms with Crippen LogP contribution in [0.4, 0.5) is 0 Å². The van der Waals surface area contributed by atoms with Crippen LogP contribution in [-0.2, 0) is 6.54 Å². The van der Waals surface area contributed by atoms with Crippen molar-refractivity contribution in [3.8, 4) is 0 Å². The first kappa shape index (κ1) is 19.3. The second kappa shape index (κ2) is 9.45. The smallest absolute Gasteiger partial charge is 0.0449 e. The van der Waals surface area contributed by atoms with Crippen LogP contribution in [0.25, 0.3) is 0 Å². The topological polar surface area (TPSA) is 36.4 Å². The summed E-state index contributed by atoms with van der Waals surface area (Å²) in [7, 11) is 0. The third-order valence-electron chi connectivity index (χ3n) is 5.11. The summed E-state index contributed by atoms with van der Waals surface area (Å²) in [6, 6.07) is 25.6. The molecule has 3 nitrogen and oxygen atoms in total. The van der Waals surface area contributed by atoms with Gasteiger partial charge in [-0.3, -0.25) is 9.88 Å². The Balaban J connectivity index is 1.98. The highest BCUT2D eigenvalue weighted by atomic mass is 16.3. The fourth-order valence-corrected chi connectivity index (χ4v) is 3.56. The summed E-state index contributed by atoms with van der Waals surface area (Å²) < 4.78 is 0. The number of pyridine rings is 1. The molecule has 140 valence electrons. The SMILES string of the molecule is Cc1ccc(C(CCO)N(Cc2ccccc2)[C@@H](C)c2ccccc2)cn1. The van der Waals surface area contributed by atoms with E-state index >= 15 is 0 Å². The number of hydrogen-bond acceptors (Lipinski definition) is 3. The van der Waals surface area contributed by atoms with E-state index in [1.165, 1.54) is 11.1 Å². The number of aryl methyl sites for hydroxylation is 1. The minimum absolute atomic E-state index is 0.0958. The molecule has 3 aromatic rings. The maximum absolute atomic E-state index is 9.77. The van der Waals surface area contributed by atoms with Gasteiger partial charge in [0.15, 0.2) is 0 Å². The molecule has 1 N–H and O–H groups in total. The lowest BCUT2D eigenvalue weighted by Gasteiger charge is -2.37. The van der Waals surface area contributed by atoms with E-state index in [9.17, 15) is 5.11 Å². The molecule has 0 saturated heterocycles. The van der Waals surface area contributed by atoms with Gasteiger partial charge in [0.05, 0.1) is 0 Å². The van der Waals surface area contributed by atoms with Crippen LogP contribution in [0.2, 0.25) is 0 Å². The predicted molar refractivity (Wildman–Crippen MR) is 110 cm³/mol. The second-order valence-electron chi connectivity index (χ2n) is 7.01. The molecular formula is C24H28N2O. The molecule has 0 bridgehead atoms. The van der Waals surface area contributed by atoms with Gasteiger partial charge in [-0.25, -0.2) is 0 Å². The van der Waals surface area contributed by atoms with E-state index < -0.39 is 0 Å². The molecule has 2 aromatic carbocycles. The minimum atomic E-state index is 0.0958. The number of hydrogen-bond donors (Lipinski definition) is 1. The van der Waals surface area contributed by atoms with Gasteiger partial charge >= 0.3 is 0 Å². The van der Waals surface area contributed by atoms with Crippen molar-refractivity contribution in [1.29, 1.82) is 0 Å². The Morgan fingerprint density at radius 2 is 1.56 bits per heavy atom. The fourth-order valence-electron chi connectivity index (χ4n) is 3.56. The molecule has 0 amide bonds. The van der Waals surface area contributed by atoms with Crippen LogP contribution in [0, 0.1) is 6.92 Å². The molecular weight excluding hydrogens is 332 g/mol. The maximum Gasteiger partial charge on any atom is 0.0449 e. The third-order valence-corrected chi connectivity index (χ3v) is 5.11. The third kappa shape index (κ3) is 5.03. The molecule has 2 atom stereocenters. The van der Waals surface area contributed by atoms with Gasteiger partial charge in [-0.15, -0.1) is 0 Å². The maximum atomic E-state index is 9.77. The first-order valence-corrected chi connectivity index (χ1v) is 9.57. The molecule has 0 aliphatic carbocycles. The van der Waals surface area contributed by atoms with Gasteiger partial charge in [0.25, 0.3) is 0 Å². The number of aromatic nitrogens is 1. The molecule has 3 rings (SSSR count). The molecule has 0 fully saturated rings. The number of rotatable bonds is 8. The van der Waals surface area contributed by atoms with Crippen LogP contribution < -0.4 is 0 Å². The molecule has 27 heavy (non-hydrogen) atoms. The Hall–Kier alpha value is -2.49. The van der Waals surface area contributed by atoms with Crippen molar-refractivity contribution in [3.63, 3.8) is 0 Å². The number of aliphatic hydroxyl groups is 1. The monoisotopic (exact) mass is 360 g/mol. The quantitative estimate of drug-likeness (QED) is 0.609. The zero-order chi connectivity index (χ0) is 19.1. The first-order chi connectivity index (χ1) is 13.2. The van der Waals surface area contributed by atoms with Crippen molar-refractivity contribution in [2.24, 2.45) is 0 Å². The lowest BCUT2D eigenvalue weighted by molar-refractivity contribution is 0.108. The van der Waals surface area contributed by atoms with Crippen LogP contribution in [0.5, 0.6) is 0 Å². The minimum Gasteiger partial charge on any atom is -0.396 e. The van der Waals surface area contributed by atoms with Crippen LogP contribution in [-0.4, -0.2) is 21.6 Å². The van der Waals surface area contributed by atoms with Gasteiger partial charge in [0, 0.05) is 37.1 Å². The second-order valence-corrected chi connectivity index (χ2v) is 7.01. The molecule has 0 aliphatic heterocycles. The van der Waals surface area contributed by atoms with Gasteiger partial charge in [0.1, 0.15) is 0 Å². The van der Waals surface area contributed by atoms with E-state index in [2.05, 4.69) is 71.4 Å². The highest BCUT2D eigenvalue weighted by Gasteiger charge is 2.26. The Kier molecular flexibility index (Phi) is 6.74. The average molecular weight is 361 g/mol. The van der Waals surface area contributed by atoms with Crippen LogP contribution >= 0.6 is 0 Å². The van der Waals surface area contributed by atoms with Crippen LogP contribution in [0.1, 0.15) is 47.8 Å². The molecule has 3 heteroatoms. The first-order valence-electron chi connectivity index (χ1n) is 9.57. The van der Waals surface area contributed by atoms with E-state index in [4.69, 9.17) is 0 Å². The van der Waals surface area contributed by atoms with Crippen LogP contribution in [0.3, 0.4) is 0 Å². The zero-order valence-electron chi connectivity index (χ0n) is 16.1. The molecule has 1 heterocycles.